The van der Waals surface area contributed by atoms with Crippen molar-refractivity contribution in [1.82, 2.24) is 19.6 Å². The van der Waals surface area contributed by atoms with E-state index in [2.05, 4.69) is 30.6 Å². The molecule has 2 N–H and O–H groups in total. The minimum atomic E-state index is -0.537. The Kier molecular flexibility index (Phi) is 4.19. The van der Waals surface area contributed by atoms with Gasteiger partial charge in [-0.1, -0.05) is 6.07 Å². The zero-order valence-corrected chi connectivity index (χ0v) is 17.0. The Hall–Kier alpha value is -3.49. The van der Waals surface area contributed by atoms with Gasteiger partial charge >= 0.3 is 0 Å². The van der Waals surface area contributed by atoms with Gasteiger partial charge in [0.15, 0.2) is 11.5 Å². The summed E-state index contributed by atoms with van der Waals surface area (Å²) in [5.41, 5.74) is 2.67. The Morgan fingerprint density at radius 2 is 2.03 bits per heavy atom. The molecule has 30 heavy (non-hydrogen) atoms. The van der Waals surface area contributed by atoms with Crippen LogP contribution in [0.4, 0.5) is 23.1 Å². The van der Waals surface area contributed by atoms with Crippen LogP contribution in [0.5, 0.6) is 0 Å². The Labute approximate surface area is 173 Å². The zero-order chi connectivity index (χ0) is 20.9. The van der Waals surface area contributed by atoms with E-state index in [-0.39, 0.29) is 5.91 Å². The van der Waals surface area contributed by atoms with Gasteiger partial charge in [-0.15, -0.1) is 5.10 Å². The normalized spacial score (nSPS) is 18.3. The standard InChI is InChI=1S/C21H23N7O2/c1-21(2)15-6-5-13(12-16(15)24-19(21)30)23-20-25-18-17(22-8-11-28(18)26-20)27-9-3-4-14(29)7-10-27/h5-6,8,11-12H,3-4,7,9-10H2,1-2H3,(H,23,26)(H,24,30). The quantitative estimate of drug-likeness (QED) is 0.690. The number of aromatic nitrogens is 4. The summed E-state index contributed by atoms with van der Waals surface area (Å²) in [4.78, 5) is 35.2. The summed E-state index contributed by atoms with van der Waals surface area (Å²) >= 11 is 0. The number of carbonyl (C=O) groups is 2. The van der Waals surface area contributed by atoms with E-state index < -0.39 is 5.41 Å². The molecule has 5 rings (SSSR count). The third-order valence-corrected chi connectivity index (χ3v) is 5.84. The Morgan fingerprint density at radius 1 is 1.17 bits per heavy atom. The summed E-state index contributed by atoms with van der Waals surface area (Å²) in [6.45, 7) is 5.24. The van der Waals surface area contributed by atoms with Gasteiger partial charge in [-0.05, 0) is 38.0 Å². The van der Waals surface area contributed by atoms with E-state index in [0.717, 1.165) is 35.7 Å². The molecule has 3 aromatic rings. The molecule has 4 heterocycles. The molecule has 0 saturated carbocycles. The highest BCUT2D eigenvalue weighted by molar-refractivity contribution is 6.06. The van der Waals surface area contributed by atoms with Gasteiger partial charge < -0.3 is 15.5 Å². The number of hydrogen-bond acceptors (Lipinski definition) is 7. The molecule has 1 aromatic carbocycles. The molecule has 0 radical (unpaired) electrons. The summed E-state index contributed by atoms with van der Waals surface area (Å²) in [6.07, 6.45) is 5.41. The smallest absolute Gasteiger partial charge is 0.247 e. The number of Topliss-reactive ketones (excluding diaryl/α,β-unsaturated/α-hetero) is 1. The van der Waals surface area contributed by atoms with Crippen molar-refractivity contribution in [2.75, 3.05) is 28.6 Å². The molecule has 2 aliphatic rings. The van der Waals surface area contributed by atoms with E-state index in [4.69, 9.17) is 0 Å². The van der Waals surface area contributed by atoms with E-state index in [0.29, 0.717) is 36.8 Å². The average molecular weight is 405 g/mol. The number of ketones is 1. The molecule has 2 aliphatic heterocycles. The SMILES string of the molecule is CC1(C)C(=O)Nc2cc(Nc3nc4c(N5CCCC(=O)CC5)nccn4n3)ccc21. The van der Waals surface area contributed by atoms with E-state index in [1.165, 1.54) is 0 Å². The summed E-state index contributed by atoms with van der Waals surface area (Å²) in [5.74, 6) is 1.46. The minimum absolute atomic E-state index is 0.00727. The van der Waals surface area contributed by atoms with Crippen LogP contribution in [0.15, 0.2) is 30.6 Å². The third-order valence-electron chi connectivity index (χ3n) is 5.84. The number of benzene rings is 1. The van der Waals surface area contributed by atoms with Crippen LogP contribution in [0.2, 0.25) is 0 Å². The summed E-state index contributed by atoms with van der Waals surface area (Å²) in [7, 11) is 0. The van der Waals surface area contributed by atoms with E-state index in [9.17, 15) is 9.59 Å². The van der Waals surface area contributed by atoms with Gasteiger partial charge in [0.1, 0.15) is 5.78 Å². The highest BCUT2D eigenvalue weighted by Crippen LogP contribution is 2.39. The summed E-state index contributed by atoms with van der Waals surface area (Å²) < 4.78 is 1.69. The zero-order valence-electron chi connectivity index (χ0n) is 17.0. The lowest BCUT2D eigenvalue weighted by molar-refractivity contribution is -0.120. The third kappa shape index (κ3) is 3.06. The van der Waals surface area contributed by atoms with Crippen LogP contribution < -0.4 is 15.5 Å². The first-order valence-electron chi connectivity index (χ1n) is 10.1. The lowest BCUT2D eigenvalue weighted by atomic mass is 9.86. The second-order valence-corrected chi connectivity index (χ2v) is 8.30. The molecule has 9 heteroatoms. The predicted octanol–water partition coefficient (Wildman–Crippen LogP) is 2.66. The molecule has 0 bridgehead atoms. The van der Waals surface area contributed by atoms with Crippen molar-refractivity contribution in [2.24, 2.45) is 0 Å². The maximum absolute atomic E-state index is 12.2. The van der Waals surface area contributed by atoms with Crippen LogP contribution in [0.1, 0.15) is 38.7 Å². The number of fused-ring (bicyclic) bond motifs is 2. The van der Waals surface area contributed by atoms with Gasteiger partial charge in [-0.3, -0.25) is 9.59 Å². The van der Waals surface area contributed by atoms with Gasteiger partial charge in [0.05, 0.1) is 5.41 Å². The van der Waals surface area contributed by atoms with Crippen molar-refractivity contribution in [1.29, 1.82) is 0 Å². The first-order chi connectivity index (χ1) is 14.4. The van der Waals surface area contributed by atoms with E-state index >= 15 is 0 Å². The first-order valence-corrected chi connectivity index (χ1v) is 10.1. The number of amides is 1. The van der Waals surface area contributed by atoms with Crippen LogP contribution in [0.3, 0.4) is 0 Å². The van der Waals surface area contributed by atoms with Gasteiger partial charge in [-0.25, -0.2) is 9.50 Å². The number of nitrogens with zero attached hydrogens (tertiary/aromatic N) is 5. The highest BCUT2D eigenvalue weighted by atomic mass is 16.2. The number of carbonyl (C=O) groups excluding carboxylic acids is 2. The number of anilines is 4. The topological polar surface area (TPSA) is 105 Å². The van der Waals surface area contributed by atoms with Crippen LogP contribution in [-0.2, 0) is 15.0 Å². The second kappa shape index (κ2) is 6.79. The summed E-state index contributed by atoms with van der Waals surface area (Å²) in [6, 6.07) is 5.77. The maximum atomic E-state index is 12.2. The fraction of sp³-hybridized carbons (Fsp3) is 0.381. The lowest BCUT2D eigenvalue weighted by Crippen LogP contribution is -2.26. The van der Waals surface area contributed by atoms with Gasteiger partial charge in [0.2, 0.25) is 11.9 Å². The molecule has 0 spiro atoms. The molecule has 1 amide bonds. The highest BCUT2D eigenvalue weighted by Gasteiger charge is 2.38. The number of nitrogens with one attached hydrogen (secondary N) is 2. The van der Waals surface area contributed by atoms with Crippen LogP contribution in [0, 0.1) is 0 Å². The van der Waals surface area contributed by atoms with Crippen molar-refractivity contribution >= 4 is 40.5 Å². The first kappa shape index (κ1) is 18.5. The van der Waals surface area contributed by atoms with Gasteiger partial charge in [0.25, 0.3) is 0 Å². The average Bonchev–Trinajstić information content (AvgIpc) is 3.12. The van der Waals surface area contributed by atoms with Gasteiger partial charge in [-0.2, -0.15) is 4.98 Å². The molecule has 0 aliphatic carbocycles. The number of rotatable bonds is 3. The molecular weight excluding hydrogens is 382 g/mol. The molecule has 0 unspecified atom stereocenters. The van der Waals surface area contributed by atoms with Crippen molar-refractivity contribution in [2.45, 2.75) is 38.5 Å². The lowest BCUT2D eigenvalue weighted by Gasteiger charge is -2.20. The molecule has 0 atom stereocenters. The molecule has 1 fully saturated rings. The van der Waals surface area contributed by atoms with Crippen molar-refractivity contribution in [3.63, 3.8) is 0 Å². The van der Waals surface area contributed by atoms with Crippen molar-refractivity contribution < 1.29 is 9.59 Å². The minimum Gasteiger partial charge on any atom is -0.353 e. The fourth-order valence-corrected chi connectivity index (χ4v) is 4.06. The summed E-state index contributed by atoms with van der Waals surface area (Å²) in [5, 5.41) is 10.7. The molecule has 154 valence electrons. The van der Waals surface area contributed by atoms with Crippen LogP contribution in [0.25, 0.3) is 5.65 Å². The Balaban J connectivity index is 1.43. The van der Waals surface area contributed by atoms with Crippen molar-refractivity contribution in [3.05, 3.63) is 36.2 Å². The monoisotopic (exact) mass is 405 g/mol. The largest absolute Gasteiger partial charge is 0.353 e. The van der Waals surface area contributed by atoms with Crippen LogP contribution in [-0.4, -0.2) is 44.4 Å². The fourth-order valence-electron chi connectivity index (χ4n) is 4.06. The molecular formula is C21H23N7O2. The van der Waals surface area contributed by atoms with Crippen LogP contribution >= 0.6 is 0 Å². The Bertz CT molecular complexity index is 1170. The molecule has 1 saturated heterocycles. The molecule has 2 aromatic heterocycles. The second-order valence-electron chi connectivity index (χ2n) is 8.30. The van der Waals surface area contributed by atoms with E-state index in [1.807, 2.05) is 32.0 Å². The van der Waals surface area contributed by atoms with Crippen molar-refractivity contribution in [3.8, 4) is 0 Å². The van der Waals surface area contributed by atoms with E-state index in [1.54, 1.807) is 16.9 Å². The molecule has 9 nitrogen and oxygen atoms in total. The van der Waals surface area contributed by atoms with Gasteiger partial charge in [0, 0.05) is 49.7 Å². The maximum Gasteiger partial charge on any atom is 0.247 e. The predicted molar refractivity (Wildman–Crippen MR) is 113 cm³/mol. The Morgan fingerprint density at radius 3 is 2.90 bits per heavy atom. The number of hydrogen-bond donors (Lipinski definition) is 2.